The molecule has 0 saturated heterocycles. The lowest BCUT2D eigenvalue weighted by Gasteiger charge is -2.08. The fourth-order valence-corrected chi connectivity index (χ4v) is 2.29. The summed E-state index contributed by atoms with van der Waals surface area (Å²) in [7, 11) is 0. The fourth-order valence-electron chi connectivity index (χ4n) is 2.11. The first-order valence-electron chi connectivity index (χ1n) is 7.06. The average molecular weight is 320 g/mol. The minimum absolute atomic E-state index is 0.0814. The van der Waals surface area contributed by atoms with E-state index in [0.29, 0.717) is 18.2 Å². The van der Waals surface area contributed by atoms with Crippen LogP contribution in [0.15, 0.2) is 24.3 Å². The van der Waals surface area contributed by atoms with Crippen LogP contribution in [0.4, 0.5) is 5.69 Å². The Balaban J connectivity index is 1.94. The Kier molecular flexibility index (Phi) is 3.94. The highest BCUT2D eigenvalue weighted by atomic mass is 35.5. The number of rotatable bonds is 5. The molecular formula is C15H14ClN3O3. The summed E-state index contributed by atoms with van der Waals surface area (Å²) >= 11 is 5.97. The molecule has 22 heavy (non-hydrogen) atoms. The predicted molar refractivity (Wildman–Crippen MR) is 81.6 cm³/mol. The third-order valence-corrected chi connectivity index (χ3v) is 3.67. The van der Waals surface area contributed by atoms with Gasteiger partial charge in [0.25, 0.3) is 0 Å². The quantitative estimate of drug-likeness (QED) is 0.467. The normalized spacial score (nSPS) is 13.9. The van der Waals surface area contributed by atoms with Crippen LogP contribution < -0.4 is 4.74 Å². The highest BCUT2D eigenvalue weighted by molar-refractivity contribution is 6.29. The van der Waals surface area contributed by atoms with Gasteiger partial charge in [-0.2, -0.15) is 4.98 Å². The predicted octanol–water partition coefficient (Wildman–Crippen LogP) is 4.27. The summed E-state index contributed by atoms with van der Waals surface area (Å²) in [4.78, 5) is 19.2. The van der Waals surface area contributed by atoms with Gasteiger partial charge in [0.05, 0.1) is 4.92 Å². The highest BCUT2D eigenvalue weighted by Crippen LogP contribution is 2.40. The number of nitro groups is 1. The lowest BCUT2D eigenvalue weighted by molar-refractivity contribution is -0.385. The van der Waals surface area contributed by atoms with Crippen LogP contribution in [-0.4, -0.2) is 14.9 Å². The van der Waals surface area contributed by atoms with Crippen molar-refractivity contribution < 1.29 is 9.66 Å². The zero-order chi connectivity index (χ0) is 15.7. The minimum Gasteiger partial charge on any atom is -0.432 e. The summed E-state index contributed by atoms with van der Waals surface area (Å²) in [5.74, 6) is 1.33. The average Bonchev–Trinajstić information content (AvgIpc) is 3.31. The summed E-state index contributed by atoms with van der Waals surface area (Å²) in [6, 6.07) is 6.36. The number of halogens is 1. The Morgan fingerprint density at radius 2 is 2.14 bits per heavy atom. The minimum atomic E-state index is -0.459. The largest absolute Gasteiger partial charge is 0.432 e. The second-order valence-corrected chi connectivity index (χ2v) is 5.56. The number of nitrogens with zero attached hydrogens (tertiary/aromatic N) is 3. The number of aromatic nitrogens is 2. The van der Waals surface area contributed by atoms with Crippen LogP contribution in [0.1, 0.15) is 37.1 Å². The number of nitro benzene ring substituents is 1. The molecule has 0 unspecified atom stereocenters. The first-order chi connectivity index (χ1) is 10.6. The fraction of sp³-hybridized carbons (Fsp3) is 0.333. The molecule has 0 atom stereocenters. The van der Waals surface area contributed by atoms with E-state index in [-0.39, 0.29) is 22.5 Å². The van der Waals surface area contributed by atoms with Gasteiger partial charge in [0, 0.05) is 18.1 Å². The van der Waals surface area contributed by atoms with Gasteiger partial charge < -0.3 is 4.74 Å². The monoisotopic (exact) mass is 319 g/mol. The van der Waals surface area contributed by atoms with E-state index in [1.54, 1.807) is 12.1 Å². The molecule has 1 heterocycles. The summed E-state index contributed by atoms with van der Waals surface area (Å²) in [6.07, 6.45) is 2.78. The van der Waals surface area contributed by atoms with Gasteiger partial charge >= 0.3 is 5.69 Å². The lowest BCUT2D eigenvalue weighted by atomic mass is 10.1. The van der Waals surface area contributed by atoms with Crippen LogP contribution in [-0.2, 0) is 6.42 Å². The van der Waals surface area contributed by atoms with Crippen molar-refractivity contribution in [3.05, 3.63) is 50.9 Å². The van der Waals surface area contributed by atoms with Crippen LogP contribution in [0, 0.1) is 10.1 Å². The Bertz CT molecular complexity index is 732. The molecule has 0 aliphatic heterocycles. The van der Waals surface area contributed by atoms with Gasteiger partial charge in [0.15, 0.2) is 0 Å². The Hall–Kier alpha value is -2.21. The van der Waals surface area contributed by atoms with Crippen LogP contribution in [0.2, 0.25) is 5.15 Å². The maximum absolute atomic E-state index is 11.2. The van der Waals surface area contributed by atoms with Crippen LogP contribution in [0.5, 0.6) is 11.6 Å². The molecular weight excluding hydrogens is 306 g/mol. The number of aryl methyl sites for hydroxylation is 1. The van der Waals surface area contributed by atoms with E-state index >= 15 is 0 Å². The Morgan fingerprint density at radius 3 is 2.77 bits per heavy atom. The van der Waals surface area contributed by atoms with Gasteiger partial charge in [-0.05, 0) is 30.9 Å². The molecule has 1 saturated carbocycles. The van der Waals surface area contributed by atoms with E-state index in [0.717, 1.165) is 18.4 Å². The molecule has 114 valence electrons. The summed E-state index contributed by atoms with van der Waals surface area (Å²) < 4.78 is 5.59. The molecule has 0 amide bonds. The molecule has 0 bridgehead atoms. The lowest BCUT2D eigenvalue weighted by Crippen LogP contribution is -1.99. The van der Waals surface area contributed by atoms with E-state index in [2.05, 4.69) is 9.97 Å². The number of hydrogen-bond donors (Lipinski definition) is 0. The van der Waals surface area contributed by atoms with Crippen molar-refractivity contribution in [2.24, 2.45) is 0 Å². The molecule has 1 fully saturated rings. The second-order valence-electron chi connectivity index (χ2n) is 5.18. The van der Waals surface area contributed by atoms with Crippen molar-refractivity contribution in [3.63, 3.8) is 0 Å². The van der Waals surface area contributed by atoms with E-state index in [4.69, 9.17) is 16.3 Å². The molecule has 1 aliphatic carbocycles. The van der Waals surface area contributed by atoms with Gasteiger partial charge in [-0.3, -0.25) is 10.1 Å². The summed E-state index contributed by atoms with van der Waals surface area (Å²) in [5.41, 5.74) is 0.792. The third-order valence-electron chi connectivity index (χ3n) is 3.47. The maximum Gasteiger partial charge on any atom is 0.311 e. The van der Waals surface area contributed by atoms with Gasteiger partial charge in [0.2, 0.25) is 11.6 Å². The van der Waals surface area contributed by atoms with Crippen molar-refractivity contribution in [1.29, 1.82) is 0 Å². The third kappa shape index (κ3) is 3.17. The highest BCUT2D eigenvalue weighted by Gasteiger charge is 2.28. The molecule has 2 aromatic rings. The van der Waals surface area contributed by atoms with Gasteiger partial charge in [0.1, 0.15) is 11.0 Å². The molecule has 0 N–H and O–H groups in total. The molecule has 3 rings (SSSR count). The van der Waals surface area contributed by atoms with Crippen molar-refractivity contribution in [3.8, 4) is 11.6 Å². The molecule has 0 spiro atoms. The first-order valence-corrected chi connectivity index (χ1v) is 7.44. The van der Waals surface area contributed by atoms with Crippen LogP contribution >= 0.6 is 11.6 Å². The standard InChI is InChI=1S/C15H14ClN3O3/c1-2-9-3-6-12(11(7-9)19(20)21)22-14-8-13(16)17-15(18-14)10-4-5-10/h3,6-8,10H,2,4-5H2,1H3. The summed E-state index contributed by atoms with van der Waals surface area (Å²) in [5, 5.41) is 11.5. The zero-order valence-electron chi connectivity index (χ0n) is 12.0. The zero-order valence-corrected chi connectivity index (χ0v) is 12.7. The Morgan fingerprint density at radius 1 is 1.36 bits per heavy atom. The smallest absolute Gasteiger partial charge is 0.311 e. The number of benzene rings is 1. The topological polar surface area (TPSA) is 78.2 Å². The first kappa shape index (κ1) is 14.7. The number of hydrogen-bond acceptors (Lipinski definition) is 5. The van der Waals surface area contributed by atoms with E-state index in [9.17, 15) is 10.1 Å². The SMILES string of the molecule is CCc1ccc(Oc2cc(Cl)nc(C3CC3)n2)c([N+](=O)[O-])c1. The van der Waals surface area contributed by atoms with Crippen LogP contribution in [0.3, 0.4) is 0 Å². The second kappa shape index (κ2) is 5.88. The molecule has 1 aromatic heterocycles. The molecule has 1 aliphatic rings. The van der Waals surface area contributed by atoms with Crippen molar-refractivity contribution >= 4 is 17.3 Å². The van der Waals surface area contributed by atoms with Crippen LogP contribution in [0.25, 0.3) is 0 Å². The molecule has 6 nitrogen and oxygen atoms in total. The molecule has 7 heteroatoms. The van der Waals surface area contributed by atoms with Gasteiger partial charge in [-0.1, -0.05) is 24.6 Å². The summed E-state index contributed by atoms with van der Waals surface area (Å²) in [6.45, 7) is 1.94. The number of ether oxygens (including phenoxy) is 1. The van der Waals surface area contributed by atoms with Gasteiger partial charge in [-0.15, -0.1) is 0 Å². The Labute approximate surface area is 132 Å². The van der Waals surface area contributed by atoms with Crippen molar-refractivity contribution in [2.45, 2.75) is 32.1 Å². The molecule has 1 aromatic carbocycles. The van der Waals surface area contributed by atoms with E-state index < -0.39 is 4.92 Å². The van der Waals surface area contributed by atoms with E-state index in [1.807, 2.05) is 6.92 Å². The maximum atomic E-state index is 11.2. The van der Waals surface area contributed by atoms with Crippen molar-refractivity contribution in [2.75, 3.05) is 0 Å². The van der Waals surface area contributed by atoms with E-state index in [1.165, 1.54) is 12.1 Å². The molecule has 0 radical (unpaired) electrons. The van der Waals surface area contributed by atoms with Gasteiger partial charge in [-0.25, -0.2) is 4.98 Å². The van der Waals surface area contributed by atoms with Crippen molar-refractivity contribution in [1.82, 2.24) is 9.97 Å².